The minimum absolute atomic E-state index is 0.00486. The second-order valence-electron chi connectivity index (χ2n) is 17.7. The molecule has 1 amide bonds. The second-order valence-corrected chi connectivity index (χ2v) is 17.7. The summed E-state index contributed by atoms with van der Waals surface area (Å²) in [6, 6.07) is 35.5. The molecule has 2 aliphatic carbocycles. The fraction of sp³-hybridized carbons (Fsp3) is 0.339. The number of nitriles is 1. The maximum atomic E-state index is 15.4. The van der Waals surface area contributed by atoms with Crippen LogP contribution < -0.4 is 9.47 Å². The van der Waals surface area contributed by atoms with Crippen LogP contribution in [-0.4, -0.2) is 58.4 Å². The van der Waals surface area contributed by atoms with Crippen molar-refractivity contribution in [3.8, 4) is 17.6 Å². The Labute approximate surface area is 396 Å². The molecule has 1 aliphatic heterocycles. The van der Waals surface area contributed by atoms with Crippen LogP contribution in [0.5, 0.6) is 11.5 Å². The SMILES string of the molecule is C=CCO[C@@]12Oc3ccc(OCc4ccccc4F)cc3[C@H]3[C@H](CCCCO)[C@@H](CCCCO)C=C(C(=NOCc4ccccc4)C[C@@H]1N(Cc1ccc(F)cc1)C(=O)c1ccc(C#N)cc1)[C@H]32. The van der Waals surface area contributed by atoms with Crippen molar-refractivity contribution in [3.63, 3.8) is 0 Å². The topological polar surface area (TPSA) is 134 Å². The van der Waals surface area contributed by atoms with Gasteiger partial charge < -0.3 is 34.2 Å². The third-order valence-electron chi connectivity index (χ3n) is 13.4. The fourth-order valence-corrected chi connectivity index (χ4v) is 10.2. The number of fused-ring (bicyclic) bond motifs is 2. The van der Waals surface area contributed by atoms with E-state index >= 15 is 4.79 Å². The molecule has 0 spiro atoms. The number of nitrogens with zero attached hydrogens (tertiary/aromatic N) is 3. The average molecular weight is 922 g/mol. The van der Waals surface area contributed by atoms with Gasteiger partial charge in [-0.3, -0.25) is 4.79 Å². The van der Waals surface area contributed by atoms with Gasteiger partial charge in [0.15, 0.2) is 0 Å². The summed E-state index contributed by atoms with van der Waals surface area (Å²) in [5.74, 6) is -2.76. The summed E-state index contributed by atoms with van der Waals surface area (Å²) in [5.41, 5.74) is 5.01. The lowest BCUT2D eigenvalue weighted by atomic mass is 9.55. The number of allylic oxidation sites excluding steroid dienone is 1. The second kappa shape index (κ2) is 22.4. The normalized spacial score (nSPS) is 21.9. The lowest BCUT2D eigenvalue weighted by molar-refractivity contribution is -0.255. The van der Waals surface area contributed by atoms with Crippen LogP contribution in [0.4, 0.5) is 8.78 Å². The van der Waals surface area contributed by atoms with Gasteiger partial charge in [-0.05, 0) is 115 Å². The summed E-state index contributed by atoms with van der Waals surface area (Å²) in [4.78, 5) is 23.3. The monoisotopic (exact) mass is 921 g/mol. The first-order valence-electron chi connectivity index (χ1n) is 23.4. The third-order valence-corrected chi connectivity index (χ3v) is 13.4. The molecule has 12 heteroatoms. The molecule has 0 bridgehead atoms. The Morgan fingerprint density at radius 2 is 1.62 bits per heavy atom. The number of carbonyl (C=O) groups excluding carboxylic acids is 1. The molecule has 2 N–H and O–H groups in total. The Morgan fingerprint density at radius 1 is 0.882 bits per heavy atom. The predicted molar refractivity (Wildman–Crippen MR) is 254 cm³/mol. The minimum atomic E-state index is -1.58. The largest absolute Gasteiger partial charge is 0.489 e. The third kappa shape index (κ3) is 10.6. The summed E-state index contributed by atoms with van der Waals surface area (Å²) in [6.07, 6.45) is 8.23. The van der Waals surface area contributed by atoms with Gasteiger partial charge in [0.05, 0.1) is 29.9 Å². The van der Waals surface area contributed by atoms with E-state index in [2.05, 4.69) is 18.7 Å². The molecule has 6 atom stereocenters. The lowest BCUT2D eigenvalue weighted by Gasteiger charge is -2.60. The van der Waals surface area contributed by atoms with E-state index in [0.717, 1.165) is 42.4 Å². The lowest BCUT2D eigenvalue weighted by Crippen LogP contribution is -2.70. The first-order valence-corrected chi connectivity index (χ1v) is 23.4. The Hall–Kier alpha value is -6.65. The summed E-state index contributed by atoms with van der Waals surface area (Å²) >= 11 is 0. The van der Waals surface area contributed by atoms with Crippen LogP contribution in [-0.2, 0) is 29.3 Å². The number of hydrogen-bond donors (Lipinski definition) is 2. The van der Waals surface area contributed by atoms with Crippen LogP contribution in [0.15, 0.2) is 151 Å². The number of benzene rings is 5. The zero-order valence-electron chi connectivity index (χ0n) is 38.0. The molecule has 0 unspecified atom stereocenters. The minimum Gasteiger partial charge on any atom is -0.489 e. The van der Waals surface area contributed by atoms with Crippen LogP contribution in [0.25, 0.3) is 0 Å². The summed E-state index contributed by atoms with van der Waals surface area (Å²) in [5, 5.41) is 34.6. The van der Waals surface area contributed by atoms with E-state index in [-0.39, 0.29) is 75.5 Å². The molecule has 5 aromatic rings. The average Bonchev–Trinajstić information content (AvgIpc) is 3.36. The smallest absolute Gasteiger partial charge is 0.254 e. The van der Waals surface area contributed by atoms with E-state index in [0.29, 0.717) is 52.3 Å². The van der Waals surface area contributed by atoms with Crippen molar-refractivity contribution in [1.82, 2.24) is 4.90 Å². The number of carbonyl (C=O) groups is 1. The molecule has 1 saturated carbocycles. The van der Waals surface area contributed by atoms with Crippen LogP contribution >= 0.6 is 0 Å². The molecule has 5 aromatic carbocycles. The molecule has 68 heavy (non-hydrogen) atoms. The number of ether oxygens (including phenoxy) is 3. The van der Waals surface area contributed by atoms with Crippen molar-refractivity contribution >= 4 is 11.6 Å². The number of halogens is 2. The van der Waals surface area contributed by atoms with Gasteiger partial charge in [-0.15, -0.1) is 6.58 Å². The quantitative estimate of drug-likeness (QED) is 0.0422. The molecule has 0 radical (unpaired) electrons. The molecule has 352 valence electrons. The van der Waals surface area contributed by atoms with Gasteiger partial charge in [0.25, 0.3) is 5.91 Å². The number of unbranched alkanes of at least 4 members (excludes halogenated alkanes) is 2. The van der Waals surface area contributed by atoms with E-state index in [1.54, 1.807) is 71.6 Å². The van der Waals surface area contributed by atoms with E-state index in [1.807, 2.05) is 42.5 Å². The standard InChI is InChI=1S/C56H57F2N3O7/c1-2-30-66-56-52(61(35-39-20-24-44(57)25-21-39)55(64)41-22-18-38(34-59)19-23-41)33-50(60-67-36-40-12-4-3-5-13-40)47-31-42(14-8-10-28-62)46(16-9-11-29-63)53(54(47)56)48-32-45(26-27-51(48)68-56)65-37-43-15-6-7-17-49(43)58/h2-7,12-13,15,17-27,31-32,42,46,52-54,62-63H,1,8-11,14,16,28-30,33,35-37H2/t42-,46+,52-,53+,54+,56+/m0/s1. The van der Waals surface area contributed by atoms with Crippen LogP contribution in [0.1, 0.15) is 89.0 Å². The molecule has 3 aliphatic rings. The van der Waals surface area contributed by atoms with Crippen molar-refractivity contribution in [1.29, 1.82) is 5.26 Å². The highest BCUT2D eigenvalue weighted by Gasteiger charge is 2.65. The maximum Gasteiger partial charge on any atom is 0.254 e. The zero-order chi connectivity index (χ0) is 47.5. The van der Waals surface area contributed by atoms with Crippen molar-refractivity contribution in [3.05, 3.63) is 191 Å². The number of oxime groups is 1. The molecular formula is C56H57F2N3O7. The fourth-order valence-electron chi connectivity index (χ4n) is 10.2. The zero-order valence-corrected chi connectivity index (χ0v) is 38.0. The Balaban J connectivity index is 1.35. The highest BCUT2D eigenvalue weighted by molar-refractivity contribution is 6.03. The van der Waals surface area contributed by atoms with Crippen LogP contribution in [0.2, 0.25) is 0 Å². The number of rotatable bonds is 21. The molecular weight excluding hydrogens is 865 g/mol. The van der Waals surface area contributed by atoms with E-state index in [9.17, 15) is 24.3 Å². The molecule has 0 saturated heterocycles. The molecule has 8 rings (SSSR count). The van der Waals surface area contributed by atoms with Crippen molar-refractivity contribution in [2.24, 2.45) is 22.9 Å². The Bertz CT molecular complexity index is 2620. The number of aliphatic hydroxyl groups is 2. The predicted octanol–water partition coefficient (Wildman–Crippen LogP) is 10.6. The van der Waals surface area contributed by atoms with Gasteiger partial charge in [-0.1, -0.05) is 90.8 Å². The summed E-state index contributed by atoms with van der Waals surface area (Å²) in [6.45, 7) is 4.38. The van der Waals surface area contributed by atoms with Gasteiger partial charge in [0.1, 0.15) is 42.4 Å². The maximum absolute atomic E-state index is 15.4. The molecule has 0 aromatic heterocycles. The highest BCUT2D eigenvalue weighted by Crippen LogP contribution is 2.62. The first kappa shape index (κ1) is 47.8. The number of amides is 1. The van der Waals surface area contributed by atoms with Gasteiger partial charge in [-0.25, -0.2) is 8.78 Å². The number of hydrogen-bond acceptors (Lipinski definition) is 9. The van der Waals surface area contributed by atoms with Crippen LogP contribution in [0.3, 0.4) is 0 Å². The Morgan fingerprint density at radius 3 is 2.34 bits per heavy atom. The molecule has 1 heterocycles. The summed E-state index contributed by atoms with van der Waals surface area (Å²) < 4.78 is 50.2. The van der Waals surface area contributed by atoms with E-state index in [4.69, 9.17) is 24.2 Å². The molecule has 1 fully saturated rings. The van der Waals surface area contributed by atoms with Gasteiger partial charge >= 0.3 is 0 Å². The Kier molecular flexibility index (Phi) is 15.8. The van der Waals surface area contributed by atoms with E-state index < -0.39 is 23.6 Å². The van der Waals surface area contributed by atoms with Crippen LogP contribution in [0, 0.1) is 40.7 Å². The molecule has 10 nitrogen and oxygen atoms in total. The van der Waals surface area contributed by atoms with Gasteiger partial charge in [-0.2, -0.15) is 5.26 Å². The highest BCUT2D eigenvalue weighted by atomic mass is 19.1. The van der Waals surface area contributed by atoms with E-state index in [1.165, 1.54) is 18.2 Å². The van der Waals surface area contributed by atoms with Crippen molar-refractivity contribution < 1.29 is 42.8 Å². The van der Waals surface area contributed by atoms with Crippen molar-refractivity contribution in [2.45, 2.75) is 82.5 Å². The van der Waals surface area contributed by atoms with Gasteiger partial charge in [0, 0.05) is 48.8 Å². The number of aliphatic hydroxyl groups excluding tert-OH is 2. The summed E-state index contributed by atoms with van der Waals surface area (Å²) in [7, 11) is 0. The first-order chi connectivity index (χ1) is 33.3. The van der Waals surface area contributed by atoms with Gasteiger partial charge in [0.2, 0.25) is 5.79 Å². The van der Waals surface area contributed by atoms with Crippen molar-refractivity contribution in [2.75, 3.05) is 19.8 Å².